The first-order valence-electron chi connectivity index (χ1n) is 6.40. The third kappa shape index (κ3) is 4.87. The third-order valence-corrected chi connectivity index (χ3v) is 2.66. The number of urea groups is 1. The highest BCUT2D eigenvalue weighted by Crippen LogP contribution is 2.15. The van der Waals surface area contributed by atoms with Crippen LogP contribution in [0.3, 0.4) is 0 Å². The summed E-state index contributed by atoms with van der Waals surface area (Å²) in [6.07, 6.45) is 0.831. The number of hydrogen-bond acceptors (Lipinski definition) is 2. The molecular weight excluding hydrogens is 263 g/mol. The van der Waals surface area contributed by atoms with E-state index in [0.29, 0.717) is 5.92 Å². The molecule has 3 N–H and O–H groups in total. The molecule has 0 spiro atoms. The van der Waals surface area contributed by atoms with E-state index in [1.165, 1.54) is 6.07 Å². The molecule has 6 heteroatoms. The summed E-state index contributed by atoms with van der Waals surface area (Å²) in [7, 11) is 0. The van der Waals surface area contributed by atoms with E-state index in [-0.39, 0.29) is 11.7 Å². The summed E-state index contributed by atoms with van der Waals surface area (Å²) in [5.41, 5.74) is -0.240. The number of hydrogen-bond donors (Lipinski definition) is 3. The molecule has 0 fully saturated rings. The van der Waals surface area contributed by atoms with Crippen LogP contribution in [-0.4, -0.2) is 23.1 Å². The van der Waals surface area contributed by atoms with Crippen LogP contribution >= 0.6 is 0 Å². The third-order valence-electron chi connectivity index (χ3n) is 2.66. The number of carboxylic acids is 1. The van der Waals surface area contributed by atoms with Gasteiger partial charge in [-0.15, -0.1) is 0 Å². The zero-order valence-corrected chi connectivity index (χ0v) is 11.7. The standard InChI is InChI=1S/C14H19FN2O3/c1-8(2)6-9(3)16-14(20)17-10-4-5-12(15)11(7-10)13(18)19/h4-5,7-9H,6H2,1-3H3,(H,18,19)(H2,16,17,20). The lowest BCUT2D eigenvalue weighted by atomic mass is 10.1. The molecule has 5 nitrogen and oxygen atoms in total. The van der Waals surface area contributed by atoms with Gasteiger partial charge in [-0.2, -0.15) is 0 Å². The molecule has 0 bridgehead atoms. The molecule has 0 aliphatic carbocycles. The second-order valence-corrected chi connectivity index (χ2v) is 5.13. The Balaban J connectivity index is 2.67. The maximum absolute atomic E-state index is 13.2. The van der Waals surface area contributed by atoms with Crippen molar-refractivity contribution in [2.24, 2.45) is 5.92 Å². The minimum Gasteiger partial charge on any atom is -0.478 e. The van der Waals surface area contributed by atoms with Crippen molar-refractivity contribution in [1.29, 1.82) is 0 Å². The van der Waals surface area contributed by atoms with E-state index in [4.69, 9.17) is 5.11 Å². The van der Waals surface area contributed by atoms with Crippen LogP contribution in [0.4, 0.5) is 14.9 Å². The summed E-state index contributed by atoms with van der Waals surface area (Å²) in [6.45, 7) is 5.98. The maximum atomic E-state index is 13.2. The van der Waals surface area contributed by atoms with E-state index in [9.17, 15) is 14.0 Å². The quantitative estimate of drug-likeness (QED) is 0.776. The smallest absolute Gasteiger partial charge is 0.338 e. The highest BCUT2D eigenvalue weighted by molar-refractivity contribution is 5.93. The van der Waals surface area contributed by atoms with Crippen LogP contribution in [0.25, 0.3) is 0 Å². The Labute approximate surface area is 117 Å². The lowest BCUT2D eigenvalue weighted by Crippen LogP contribution is -2.36. The van der Waals surface area contributed by atoms with Crippen LogP contribution in [0.2, 0.25) is 0 Å². The highest BCUT2D eigenvalue weighted by Gasteiger charge is 2.13. The summed E-state index contributed by atoms with van der Waals surface area (Å²) in [6, 6.07) is 2.96. The number of carboxylic acid groups (broad SMARTS) is 1. The van der Waals surface area contributed by atoms with Gasteiger partial charge in [0, 0.05) is 11.7 Å². The van der Waals surface area contributed by atoms with Gasteiger partial charge in [0.15, 0.2) is 0 Å². The Morgan fingerprint density at radius 3 is 2.50 bits per heavy atom. The number of halogens is 1. The average molecular weight is 282 g/mol. The molecule has 1 atom stereocenters. The lowest BCUT2D eigenvalue weighted by Gasteiger charge is -2.16. The zero-order valence-electron chi connectivity index (χ0n) is 11.7. The molecule has 0 radical (unpaired) electrons. The van der Waals surface area contributed by atoms with Crippen LogP contribution in [0.15, 0.2) is 18.2 Å². The molecular formula is C14H19FN2O3. The molecule has 2 amide bonds. The largest absolute Gasteiger partial charge is 0.478 e. The Morgan fingerprint density at radius 2 is 1.95 bits per heavy atom. The minimum absolute atomic E-state index is 0.00519. The molecule has 1 unspecified atom stereocenters. The van der Waals surface area contributed by atoms with Crippen LogP contribution in [0.1, 0.15) is 37.6 Å². The lowest BCUT2D eigenvalue weighted by molar-refractivity contribution is 0.0692. The van der Waals surface area contributed by atoms with E-state index >= 15 is 0 Å². The second kappa shape index (κ2) is 6.88. The van der Waals surface area contributed by atoms with Crippen LogP contribution in [-0.2, 0) is 0 Å². The summed E-state index contributed by atoms with van der Waals surface area (Å²) >= 11 is 0. The fourth-order valence-corrected chi connectivity index (χ4v) is 1.92. The van der Waals surface area contributed by atoms with Gasteiger partial charge in [0.05, 0.1) is 5.56 Å². The van der Waals surface area contributed by atoms with Crippen molar-refractivity contribution in [2.45, 2.75) is 33.2 Å². The van der Waals surface area contributed by atoms with Crippen molar-refractivity contribution < 1.29 is 19.1 Å². The van der Waals surface area contributed by atoms with Crippen molar-refractivity contribution in [3.63, 3.8) is 0 Å². The van der Waals surface area contributed by atoms with Gasteiger partial charge in [-0.1, -0.05) is 13.8 Å². The van der Waals surface area contributed by atoms with Gasteiger partial charge in [0.2, 0.25) is 0 Å². The summed E-state index contributed by atoms with van der Waals surface area (Å²) in [5, 5.41) is 14.0. The average Bonchev–Trinajstić information content (AvgIpc) is 2.29. The highest BCUT2D eigenvalue weighted by atomic mass is 19.1. The second-order valence-electron chi connectivity index (χ2n) is 5.13. The predicted molar refractivity (Wildman–Crippen MR) is 74.4 cm³/mol. The first-order valence-corrected chi connectivity index (χ1v) is 6.40. The van der Waals surface area contributed by atoms with Gasteiger partial charge in [0.25, 0.3) is 0 Å². The van der Waals surface area contributed by atoms with Crippen LogP contribution < -0.4 is 10.6 Å². The molecule has 0 heterocycles. The number of nitrogens with one attached hydrogen (secondary N) is 2. The molecule has 0 saturated heterocycles. The Hall–Kier alpha value is -2.11. The van der Waals surface area contributed by atoms with Gasteiger partial charge in [0.1, 0.15) is 5.82 Å². The van der Waals surface area contributed by atoms with Crippen molar-refractivity contribution in [3.05, 3.63) is 29.6 Å². The number of benzene rings is 1. The van der Waals surface area contributed by atoms with Gasteiger partial charge in [-0.05, 0) is 37.5 Å². The first-order chi connectivity index (χ1) is 9.29. The van der Waals surface area contributed by atoms with E-state index in [0.717, 1.165) is 18.6 Å². The first kappa shape index (κ1) is 15.9. The molecule has 0 aliphatic rings. The number of anilines is 1. The Bertz CT molecular complexity index is 503. The van der Waals surface area contributed by atoms with Crippen LogP contribution in [0, 0.1) is 11.7 Å². The molecule has 1 aromatic rings. The van der Waals surface area contributed by atoms with E-state index < -0.39 is 23.4 Å². The topological polar surface area (TPSA) is 78.4 Å². The van der Waals surface area contributed by atoms with E-state index in [1.807, 2.05) is 6.92 Å². The van der Waals surface area contributed by atoms with Gasteiger partial charge < -0.3 is 15.7 Å². The van der Waals surface area contributed by atoms with Crippen LogP contribution in [0.5, 0.6) is 0 Å². The molecule has 0 saturated carbocycles. The monoisotopic (exact) mass is 282 g/mol. The van der Waals surface area contributed by atoms with Crippen molar-refractivity contribution in [2.75, 3.05) is 5.32 Å². The number of amides is 2. The molecule has 0 aromatic heterocycles. The number of aromatic carboxylic acids is 1. The summed E-state index contributed by atoms with van der Waals surface area (Å²) in [5.74, 6) is -1.76. The van der Waals surface area contributed by atoms with Gasteiger partial charge in [-0.25, -0.2) is 14.0 Å². The van der Waals surface area contributed by atoms with E-state index in [1.54, 1.807) is 0 Å². The zero-order chi connectivity index (χ0) is 15.3. The Kier molecular flexibility index (Phi) is 5.49. The van der Waals surface area contributed by atoms with Crippen molar-refractivity contribution in [3.8, 4) is 0 Å². The molecule has 1 aromatic carbocycles. The SMILES string of the molecule is CC(C)CC(C)NC(=O)Nc1ccc(F)c(C(=O)O)c1. The Morgan fingerprint density at radius 1 is 1.30 bits per heavy atom. The maximum Gasteiger partial charge on any atom is 0.338 e. The number of rotatable bonds is 5. The normalized spacial score (nSPS) is 12.1. The molecule has 110 valence electrons. The van der Waals surface area contributed by atoms with Gasteiger partial charge >= 0.3 is 12.0 Å². The number of carbonyl (C=O) groups is 2. The van der Waals surface area contributed by atoms with Crippen molar-refractivity contribution in [1.82, 2.24) is 5.32 Å². The van der Waals surface area contributed by atoms with E-state index in [2.05, 4.69) is 24.5 Å². The van der Waals surface area contributed by atoms with Crippen molar-refractivity contribution >= 4 is 17.7 Å². The van der Waals surface area contributed by atoms with Gasteiger partial charge in [-0.3, -0.25) is 0 Å². The fraction of sp³-hybridized carbons (Fsp3) is 0.429. The predicted octanol–water partition coefficient (Wildman–Crippen LogP) is 3.08. The minimum atomic E-state index is -1.38. The molecule has 1 rings (SSSR count). The fourth-order valence-electron chi connectivity index (χ4n) is 1.92. The number of carbonyl (C=O) groups excluding carboxylic acids is 1. The summed E-state index contributed by atoms with van der Waals surface area (Å²) < 4.78 is 13.2. The summed E-state index contributed by atoms with van der Waals surface area (Å²) in [4.78, 5) is 22.5. The molecule has 0 aliphatic heterocycles. The molecule has 20 heavy (non-hydrogen) atoms.